The summed E-state index contributed by atoms with van der Waals surface area (Å²) in [6, 6.07) is 0. The molecule has 0 atom stereocenters. The first-order chi connectivity index (χ1) is 5.34. The standard InChI is InChI=1S/C10H19N/c1-2-3-6-9-7-4-5-8-10(9)11/h2-8,11H2,1H3. The molecular formula is C10H19N. The summed E-state index contributed by atoms with van der Waals surface area (Å²) in [5, 5.41) is 0. The average Bonchev–Trinajstić information content (AvgIpc) is 2.03. The van der Waals surface area contributed by atoms with E-state index in [1.807, 2.05) is 0 Å². The maximum absolute atomic E-state index is 5.90. The van der Waals surface area contributed by atoms with Gasteiger partial charge in [-0.25, -0.2) is 0 Å². The SMILES string of the molecule is CCCCC1=C(N)CCCC1. The second-order valence-electron chi connectivity index (χ2n) is 3.44. The first-order valence-electron chi connectivity index (χ1n) is 4.81. The number of nitrogens with two attached hydrogens (primary N) is 1. The van der Waals surface area contributed by atoms with Gasteiger partial charge in [-0.15, -0.1) is 0 Å². The van der Waals surface area contributed by atoms with Crippen LogP contribution in [0.2, 0.25) is 0 Å². The van der Waals surface area contributed by atoms with Crippen molar-refractivity contribution in [1.29, 1.82) is 0 Å². The number of hydrogen-bond acceptors (Lipinski definition) is 1. The minimum absolute atomic E-state index is 1.15. The molecule has 0 fully saturated rings. The van der Waals surface area contributed by atoms with Crippen molar-refractivity contribution in [1.82, 2.24) is 0 Å². The van der Waals surface area contributed by atoms with Gasteiger partial charge in [0.05, 0.1) is 0 Å². The Bertz CT molecular complexity index is 147. The lowest BCUT2D eigenvalue weighted by Gasteiger charge is -2.16. The van der Waals surface area contributed by atoms with Crippen molar-refractivity contribution in [3.8, 4) is 0 Å². The predicted octanol–water partition coefficient (Wildman–Crippen LogP) is 2.96. The Balaban J connectivity index is 2.39. The molecule has 0 aliphatic heterocycles. The van der Waals surface area contributed by atoms with Crippen LogP contribution in [0, 0.1) is 0 Å². The minimum Gasteiger partial charge on any atom is -0.402 e. The van der Waals surface area contributed by atoms with Crippen molar-refractivity contribution in [3.05, 3.63) is 11.3 Å². The van der Waals surface area contributed by atoms with Crippen LogP contribution >= 0.6 is 0 Å². The van der Waals surface area contributed by atoms with Crippen LogP contribution in [0.3, 0.4) is 0 Å². The number of rotatable bonds is 3. The lowest BCUT2D eigenvalue weighted by molar-refractivity contribution is 0.626. The van der Waals surface area contributed by atoms with Crippen molar-refractivity contribution in [2.75, 3.05) is 0 Å². The molecular weight excluding hydrogens is 134 g/mol. The third-order valence-electron chi connectivity index (χ3n) is 2.46. The Kier molecular flexibility index (Phi) is 3.47. The van der Waals surface area contributed by atoms with Crippen molar-refractivity contribution in [2.45, 2.75) is 51.9 Å². The molecule has 0 aromatic heterocycles. The Hall–Kier alpha value is -0.460. The number of hydrogen-bond donors (Lipinski definition) is 1. The van der Waals surface area contributed by atoms with Crippen LogP contribution in [0.1, 0.15) is 51.9 Å². The quantitative estimate of drug-likeness (QED) is 0.662. The highest BCUT2D eigenvalue weighted by atomic mass is 14.6. The Labute approximate surface area is 69.7 Å². The van der Waals surface area contributed by atoms with Crippen LogP contribution < -0.4 is 5.73 Å². The average molecular weight is 153 g/mol. The smallest absolute Gasteiger partial charge is 0.00723 e. The summed E-state index contributed by atoms with van der Waals surface area (Å²) in [6.45, 7) is 2.24. The molecule has 64 valence electrons. The fourth-order valence-electron chi connectivity index (χ4n) is 1.67. The molecule has 0 aromatic rings. The maximum Gasteiger partial charge on any atom is 0.00723 e. The molecule has 0 radical (unpaired) electrons. The molecule has 1 nitrogen and oxygen atoms in total. The third-order valence-corrected chi connectivity index (χ3v) is 2.46. The van der Waals surface area contributed by atoms with Gasteiger partial charge in [0.25, 0.3) is 0 Å². The minimum atomic E-state index is 1.15. The van der Waals surface area contributed by atoms with Gasteiger partial charge in [0.1, 0.15) is 0 Å². The summed E-state index contributed by atoms with van der Waals surface area (Å²) in [6.07, 6.45) is 8.95. The van der Waals surface area contributed by atoms with Crippen LogP contribution in [0.5, 0.6) is 0 Å². The normalized spacial score (nSPS) is 19.0. The predicted molar refractivity (Wildman–Crippen MR) is 49.2 cm³/mol. The summed E-state index contributed by atoms with van der Waals surface area (Å²) in [4.78, 5) is 0. The van der Waals surface area contributed by atoms with Crippen LogP contribution in [0.4, 0.5) is 0 Å². The summed E-state index contributed by atoms with van der Waals surface area (Å²) < 4.78 is 0. The Morgan fingerprint density at radius 2 is 2.00 bits per heavy atom. The molecule has 2 N–H and O–H groups in total. The van der Waals surface area contributed by atoms with E-state index in [0.717, 1.165) is 6.42 Å². The van der Waals surface area contributed by atoms with Crippen molar-refractivity contribution in [2.24, 2.45) is 5.73 Å². The molecule has 1 rings (SSSR count). The summed E-state index contributed by atoms with van der Waals surface area (Å²) >= 11 is 0. The number of allylic oxidation sites excluding steroid dienone is 2. The topological polar surface area (TPSA) is 26.0 Å². The molecule has 1 heteroatoms. The van der Waals surface area contributed by atoms with E-state index in [1.165, 1.54) is 44.2 Å². The first-order valence-corrected chi connectivity index (χ1v) is 4.81. The van der Waals surface area contributed by atoms with Gasteiger partial charge in [-0.05, 0) is 38.5 Å². The van der Waals surface area contributed by atoms with Crippen molar-refractivity contribution in [3.63, 3.8) is 0 Å². The van der Waals surface area contributed by atoms with Crippen LogP contribution in [0.25, 0.3) is 0 Å². The van der Waals surface area contributed by atoms with E-state index in [9.17, 15) is 0 Å². The van der Waals surface area contributed by atoms with Gasteiger partial charge < -0.3 is 5.73 Å². The zero-order valence-electron chi connectivity index (χ0n) is 7.53. The van der Waals surface area contributed by atoms with Gasteiger partial charge >= 0.3 is 0 Å². The van der Waals surface area contributed by atoms with Crippen LogP contribution in [-0.2, 0) is 0 Å². The monoisotopic (exact) mass is 153 g/mol. The molecule has 0 unspecified atom stereocenters. The largest absolute Gasteiger partial charge is 0.402 e. The van der Waals surface area contributed by atoms with E-state index in [1.54, 1.807) is 5.57 Å². The van der Waals surface area contributed by atoms with E-state index in [-0.39, 0.29) is 0 Å². The second-order valence-corrected chi connectivity index (χ2v) is 3.44. The fourth-order valence-corrected chi connectivity index (χ4v) is 1.67. The highest BCUT2D eigenvalue weighted by Gasteiger charge is 2.08. The zero-order valence-corrected chi connectivity index (χ0v) is 7.53. The van der Waals surface area contributed by atoms with Crippen molar-refractivity contribution < 1.29 is 0 Å². The van der Waals surface area contributed by atoms with Gasteiger partial charge in [0.2, 0.25) is 0 Å². The summed E-state index contributed by atoms with van der Waals surface area (Å²) in [7, 11) is 0. The molecule has 1 aliphatic carbocycles. The van der Waals surface area contributed by atoms with Gasteiger partial charge in [0.15, 0.2) is 0 Å². The summed E-state index contributed by atoms with van der Waals surface area (Å²) in [5.74, 6) is 0. The van der Waals surface area contributed by atoms with Crippen LogP contribution in [0.15, 0.2) is 11.3 Å². The lowest BCUT2D eigenvalue weighted by Crippen LogP contribution is -2.07. The molecule has 0 spiro atoms. The van der Waals surface area contributed by atoms with E-state index in [4.69, 9.17) is 5.73 Å². The number of unbranched alkanes of at least 4 members (excludes halogenated alkanes) is 1. The second kappa shape index (κ2) is 4.42. The lowest BCUT2D eigenvalue weighted by atomic mass is 9.93. The summed E-state index contributed by atoms with van der Waals surface area (Å²) in [5.41, 5.74) is 8.65. The third kappa shape index (κ3) is 2.57. The van der Waals surface area contributed by atoms with E-state index in [0.29, 0.717) is 0 Å². The zero-order chi connectivity index (χ0) is 8.10. The Morgan fingerprint density at radius 1 is 1.27 bits per heavy atom. The molecule has 0 saturated carbocycles. The molecule has 0 saturated heterocycles. The Morgan fingerprint density at radius 3 is 2.64 bits per heavy atom. The van der Waals surface area contributed by atoms with Gasteiger partial charge in [-0.1, -0.05) is 18.9 Å². The molecule has 11 heavy (non-hydrogen) atoms. The van der Waals surface area contributed by atoms with E-state index >= 15 is 0 Å². The van der Waals surface area contributed by atoms with Gasteiger partial charge in [-0.3, -0.25) is 0 Å². The molecule has 0 amide bonds. The van der Waals surface area contributed by atoms with Crippen molar-refractivity contribution >= 4 is 0 Å². The highest BCUT2D eigenvalue weighted by molar-refractivity contribution is 5.13. The highest BCUT2D eigenvalue weighted by Crippen LogP contribution is 2.24. The fraction of sp³-hybridized carbons (Fsp3) is 0.800. The molecule has 0 bridgehead atoms. The van der Waals surface area contributed by atoms with Crippen LogP contribution in [-0.4, -0.2) is 0 Å². The maximum atomic E-state index is 5.90. The first kappa shape index (κ1) is 8.63. The van der Waals surface area contributed by atoms with E-state index in [2.05, 4.69) is 6.92 Å². The van der Waals surface area contributed by atoms with Gasteiger partial charge in [-0.2, -0.15) is 0 Å². The van der Waals surface area contributed by atoms with E-state index < -0.39 is 0 Å². The molecule has 1 aliphatic rings. The molecule has 0 heterocycles. The van der Waals surface area contributed by atoms with Gasteiger partial charge in [0, 0.05) is 5.70 Å². The molecule has 0 aromatic carbocycles.